The average molecular weight is 268 g/mol. The molecule has 0 bridgehead atoms. The molecule has 1 aliphatic carbocycles. The fourth-order valence-corrected chi connectivity index (χ4v) is 1.98. The van der Waals surface area contributed by atoms with Crippen LogP contribution in [0.4, 0.5) is 9.18 Å². The van der Waals surface area contributed by atoms with Crippen LogP contribution in [-0.2, 0) is 4.74 Å². The molecule has 82 valence electrons. The van der Waals surface area contributed by atoms with Gasteiger partial charge in [-0.3, -0.25) is 0 Å². The lowest BCUT2D eigenvalue weighted by molar-refractivity contribution is 0.171. The number of hydrogen-bond donors (Lipinski definition) is 1. The Morgan fingerprint density at radius 2 is 2.36 bits per heavy atom. The lowest BCUT2D eigenvalue weighted by atomic mass is 10.2. The zero-order valence-corrected chi connectivity index (χ0v) is 9.77. The van der Waals surface area contributed by atoms with Crippen LogP contribution in [-0.4, -0.2) is 24.3 Å². The number of alkyl halides is 2. The molecule has 0 radical (unpaired) electrons. The molecule has 0 aromatic carbocycles. The Kier molecular flexibility index (Phi) is 4.16. The van der Waals surface area contributed by atoms with Gasteiger partial charge in [0, 0.05) is 12.5 Å². The number of ether oxygens (including phenoxy) is 1. The number of nitrogens with one attached hydrogen (secondary N) is 1. The van der Waals surface area contributed by atoms with Gasteiger partial charge in [-0.15, -0.1) is 0 Å². The Morgan fingerprint density at radius 1 is 1.71 bits per heavy atom. The molecule has 0 aromatic heterocycles. The molecule has 0 aliphatic heterocycles. The minimum absolute atomic E-state index is 0.167. The number of unbranched alkanes of at least 4 members (excludes halogenated alkanes) is 1. The summed E-state index contributed by atoms with van der Waals surface area (Å²) >= 11 is 3.00. The molecular weight excluding hydrogens is 253 g/mol. The van der Waals surface area contributed by atoms with Gasteiger partial charge < -0.3 is 10.1 Å². The van der Waals surface area contributed by atoms with Crippen molar-refractivity contribution in [2.24, 2.45) is 5.92 Å². The summed E-state index contributed by atoms with van der Waals surface area (Å²) < 4.78 is 16.3. The molecule has 2 atom stereocenters. The Hall–Kier alpha value is -0.320. The van der Waals surface area contributed by atoms with Gasteiger partial charge in [0.15, 0.2) is 4.58 Å². The molecule has 0 spiro atoms. The van der Waals surface area contributed by atoms with Crippen molar-refractivity contribution in [2.75, 3.05) is 13.7 Å². The predicted molar refractivity (Wildman–Crippen MR) is 55.1 cm³/mol. The predicted octanol–water partition coefficient (Wildman–Crippen LogP) is 2.59. The molecule has 0 heterocycles. The average Bonchev–Trinajstić information content (AvgIpc) is 2.73. The van der Waals surface area contributed by atoms with Gasteiger partial charge >= 0.3 is 6.09 Å². The maximum Gasteiger partial charge on any atom is 0.406 e. The normalized spacial score (nSPS) is 29.8. The van der Waals surface area contributed by atoms with E-state index in [4.69, 9.17) is 0 Å². The smallest absolute Gasteiger partial charge is 0.406 e. The maximum atomic E-state index is 13.0. The first-order chi connectivity index (χ1) is 6.56. The van der Waals surface area contributed by atoms with Crippen molar-refractivity contribution >= 4 is 22.0 Å². The minimum atomic E-state index is -1.09. The van der Waals surface area contributed by atoms with Gasteiger partial charge in [-0.05, 0) is 35.2 Å². The minimum Gasteiger partial charge on any atom is -0.453 e. The van der Waals surface area contributed by atoms with Gasteiger partial charge in [-0.1, -0.05) is 6.42 Å². The monoisotopic (exact) mass is 267 g/mol. The van der Waals surface area contributed by atoms with E-state index in [0.717, 1.165) is 19.3 Å². The second-order valence-corrected chi connectivity index (χ2v) is 4.89. The van der Waals surface area contributed by atoms with Crippen molar-refractivity contribution in [2.45, 2.75) is 30.3 Å². The lowest BCUT2D eigenvalue weighted by Gasteiger charge is -2.03. The van der Waals surface area contributed by atoms with E-state index >= 15 is 0 Å². The van der Waals surface area contributed by atoms with E-state index in [0.29, 0.717) is 13.0 Å². The lowest BCUT2D eigenvalue weighted by Crippen LogP contribution is -2.23. The zero-order chi connectivity index (χ0) is 10.6. The number of halogens is 2. The summed E-state index contributed by atoms with van der Waals surface area (Å²) in [4.78, 5) is 10.6. The first-order valence-electron chi connectivity index (χ1n) is 4.76. The third-order valence-corrected chi connectivity index (χ3v) is 3.36. The van der Waals surface area contributed by atoms with Crippen LogP contribution in [0.1, 0.15) is 25.7 Å². The van der Waals surface area contributed by atoms with Crippen molar-refractivity contribution in [1.29, 1.82) is 0 Å². The second-order valence-electron chi connectivity index (χ2n) is 3.58. The number of amides is 1. The van der Waals surface area contributed by atoms with Crippen molar-refractivity contribution in [3.63, 3.8) is 0 Å². The highest BCUT2D eigenvalue weighted by molar-refractivity contribution is 9.10. The summed E-state index contributed by atoms with van der Waals surface area (Å²) in [7, 11) is 1.34. The van der Waals surface area contributed by atoms with E-state index < -0.39 is 10.7 Å². The molecule has 1 amide bonds. The number of alkyl carbamates (subject to hydrolysis) is 1. The number of rotatable bonds is 5. The SMILES string of the molecule is COC(=O)NCCCCC1CC1(F)Br. The van der Waals surface area contributed by atoms with Gasteiger partial charge in [0.25, 0.3) is 0 Å². The molecule has 1 aliphatic rings. The molecule has 1 saturated carbocycles. The summed E-state index contributed by atoms with van der Waals surface area (Å²) in [5, 5.41) is 2.58. The highest BCUT2D eigenvalue weighted by Crippen LogP contribution is 2.54. The van der Waals surface area contributed by atoms with E-state index in [1.165, 1.54) is 7.11 Å². The van der Waals surface area contributed by atoms with E-state index in [2.05, 4.69) is 26.0 Å². The largest absolute Gasteiger partial charge is 0.453 e. The van der Waals surface area contributed by atoms with Crippen LogP contribution in [0.3, 0.4) is 0 Å². The van der Waals surface area contributed by atoms with Crippen LogP contribution in [0.5, 0.6) is 0 Å². The summed E-state index contributed by atoms with van der Waals surface area (Å²) in [6, 6.07) is 0. The van der Waals surface area contributed by atoms with Crippen molar-refractivity contribution in [3.8, 4) is 0 Å². The quantitative estimate of drug-likeness (QED) is 0.614. The summed E-state index contributed by atoms with van der Waals surface area (Å²) in [5.74, 6) is 0.167. The third kappa shape index (κ3) is 3.82. The van der Waals surface area contributed by atoms with Crippen LogP contribution in [0, 0.1) is 5.92 Å². The first kappa shape index (κ1) is 11.8. The summed E-state index contributed by atoms with van der Waals surface area (Å²) in [6.45, 7) is 0.598. The Labute approximate surface area is 91.5 Å². The van der Waals surface area contributed by atoms with E-state index in [9.17, 15) is 9.18 Å². The van der Waals surface area contributed by atoms with E-state index in [1.807, 2.05) is 0 Å². The summed E-state index contributed by atoms with van der Waals surface area (Å²) in [6.07, 6.45) is 2.90. The van der Waals surface area contributed by atoms with Gasteiger partial charge in [-0.2, -0.15) is 0 Å². The van der Waals surface area contributed by atoms with Gasteiger partial charge in [0.05, 0.1) is 7.11 Å². The van der Waals surface area contributed by atoms with Crippen LogP contribution in [0.15, 0.2) is 0 Å². The number of carbonyl (C=O) groups excluding carboxylic acids is 1. The van der Waals surface area contributed by atoms with E-state index in [-0.39, 0.29) is 5.92 Å². The van der Waals surface area contributed by atoms with Crippen LogP contribution in [0.2, 0.25) is 0 Å². The summed E-state index contributed by atoms with van der Waals surface area (Å²) in [5.41, 5.74) is 0. The van der Waals surface area contributed by atoms with Crippen molar-refractivity contribution < 1.29 is 13.9 Å². The number of methoxy groups -OCH3 is 1. The third-order valence-electron chi connectivity index (χ3n) is 2.39. The molecule has 1 fully saturated rings. The van der Waals surface area contributed by atoms with Crippen LogP contribution >= 0.6 is 15.9 Å². The maximum absolute atomic E-state index is 13.0. The van der Waals surface area contributed by atoms with Crippen molar-refractivity contribution in [1.82, 2.24) is 5.32 Å². The first-order valence-corrected chi connectivity index (χ1v) is 5.55. The second kappa shape index (κ2) is 4.96. The fraction of sp³-hybridized carbons (Fsp3) is 0.889. The Balaban J connectivity index is 1.88. The zero-order valence-electron chi connectivity index (χ0n) is 8.19. The van der Waals surface area contributed by atoms with Crippen molar-refractivity contribution in [3.05, 3.63) is 0 Å². The Morgan fingerprint density at radius 3 is 2.86 bits per heavy atom. The number of hydrogen-bond acceptors (Lipinski definition) is 2. The van der Waals surface area contributed by atoms with E-state index in [1.54, 1.807) is 0 Å². The highest BCUT2D eigenvalue weighted by Gasteiger charge is 2.52. The molecule has 5 heteroatoms. The van der Waals surface area contributed by atoms with Gasteiger partial charge in [-0.25, -0.2) is 9.18 Å². The molecule has 0 aromatic rings. The van der Waals surface area contributed by atoms with Crippen LogP contribution in [0.25, 0.3) is 0 Å². The molecular formula is C9H15BrFNO2. The van der Waals surface area contributed by atoms with Crippen LogP contribution < -0.4 is 5.32 Å². The highest BCUT2D eigenvalue weighted by atomic mass is 79.9. The molecule has 14 heavy (non-hydrogen) atoms. The molecule has 3 nitrogen and oxygen atoms in total. The molecule has 0 saturated heterocycles. The topological polar surface area (TPSA) is 38.3 Å². The van der Waals surface area contributed by atoms with Gasteiger partial charge in [0.1, 0.15) is 0 Å². The number of carbonyl (C=O) groups is 1. The molecule has 1 rings (SSSR count). The molecule has 2 unspecified atom stereocenters. The molecule has 1 N–H and O–H groups in total. The fourth-order valence-electron chi connectivity index (χ4n) is 1.36. The standard InChI is InChI=1S/C9H15BrFNO2/c1-14-8(13)12-5-3-2-4-7-6-9(7,10)11/h7H,2-6H2,1H3,(H,12,13). The van der Waals surface area contributed by atoms with Gasteiger partial charge in [0.2, 0.25) is 0 Å². The Bertz CT molecular complexity index is 211.